The van der Waals surface area contributed by atoms with E-state index in [2.05, 4.69) is 16.0 Å². The third kappa shape index (κ3) is 15.2. The van der Waals surface area contributed by atoms with Gasteiger partial charge in [-0.1, -0.05) is 91.6 Å². The monoisotopic (exact) mass is 911 g/mol. The van der Waals surface area contributed by atoms with E-state index in [1.54, 1.807) is 61.9 Å². The molecule has 4 N–H and O–H groups in total. The van der Waals surface area contributed by atoms with E-state index in [0.717, 1.165) is 10.5 Å². The van der Waals surface area contributed by atoms with Crippen LogP contribution >= 0.6 is 0 Å². The Morgan fingerprint density at radius 2 is 1.46 bits per heavy atom. The number of likely N-dealkylation sites (tertiary alicyclic amines) is 1. The number of likely N-dealkylation sites (N-methyl/N-ethyl adjacent to an activating group) is 1. The third-order valence-electron chi connectivity index (χ3n) is 12.8. The molecule has 0 aliphatic carbocycles. The van der Waals surface area contributed by atoms with Crippen LogP contribution in [0, 0.1) is 23.7 Å². The summed E-state index contributed by atoms with van der Waals surface area (Å²) < 4.78 is 11.9. The highest BCUT2D eigenvalue weighted by Crippen LogP contribution is 2.30. The molecule has 2 aliphatic heterocycles. The molecule has 9 atom stereocenters. The molecule has 7 amide bonds. The van der Waals surface area contributed by atoms with E-state index in [1.165, 1.54) is 26.4 Å². The fourth-order valence-corrected chi connectivity index (χ4v) is 8.80. The molecule has 1 aromatic carbocycles. The number of nitrogens with zero attached hydrogens (tertiary/aromatic N) is 3. The van der Waals surface area contributed by atoms with Gasteiger partial charge in [0.15, 0.2) is 0 Å². The highest BCUT2D eigenvalue weighted by Gasteiger charge is 2.43. The highest BCUT2D eigenvalue weighted by molar-refractivity contribution is 6.12. The van der Waals surface area contributed by atoms with Crippen molar-refractivity contribution in [1.29, 1.82) is 0 Å². The second-order valence-corrected chi connectivity index (χ2v) is 18.2. The number of aliphatic carboxylic acids is 1. The lowest BCUT2D eigenvalue weighted by Gasteiger charge is -2.41. The van der Waals surface area contributed by atoms with Crippen molar-refractivity contribution in [3.8, 4) is 0 Å². The van der Waals surface area contributed by atoms with E-state index in [0.29, 0.717) is 45.1 Å². The quantitative estimate of drug-likeness (QED) is 0.0740. The van der Waals surface area contributed by atoms with Gasteiger partial charge in [0.25, 0.3) is 11.8 Å². The van der Waals surface area contributed by atoms with Crippen LogP contribution < -0.4 is 16.0 Å². The molecule has 17 nitrogen and oxygen atoms in total. The number of imide groups is 1. The van der Waals surface area contributed by atoms with Crippen molar-refractivity contribution in [1.82, 2.24) is 30.7 Å². The Labute approximate surface area is 384 Å². The van der Waals surface area contributed by atoms with Gasteiger partial charge in [-0.05, 0) is 49.0 Å². The van der Waals surface area contributed by atoms with Crippen LogP contribution in [0.25, 0.3) is 0 Å². The number of carboxylic acid groups (broad SMARTS) is 1. The molecule has 362 valence electrons. The first kappa shape index (κ1) is 54.2. The summed E-state index contributed by atoms with van der Waals surface area (Å²) in [6.45, 7) is 13.6. The zero-order valence-corrected chi connectivity index (χ0v) is 40.0. The maximum Gasteiger partial charge on any atom is 0.326 e. The molecule has 0 bridgehead atoms. The number of unbranched alkanes of at least 4 members (excludes halogenated alkanes) is 2. The van der Waals surface area contributed by atoms with Gasteiger partial charge in [0.1, 0.15) is 18.1 Å². The summed E-state index contributed by atoms with van der Waals surface area (Å²) in [4.78, 5) is 109. The summed E-state index contributed by atoms with van der Waals surface area (Å²) >= 11 is 0. The van der Waals surface area contributed by atoms with Crippen molar-refractivity contribution in [3.63, 3.8) is 0 Å². The number of hydrogen-bond acceptors (Lipinski definition) is 10. The van der Waals surface area contributed by atoms with Gasteiger partial charge in [-0.25, -0.2) is 4.79 Å². The Hall–Kier alpha value is -5.16. The van der Waals surface area contributed by atoms with Crippen LogP contribution in [-0.2, 0) is 54.3 Å². The van der Waals surface area contributed by atoms with Gasteiger partial charge in [-0.3, -0.25) is 38.5 Å². The van der Waals surface area contributed by atoms with Gasteiger partial charge in [-0.15, -0.1) is 0 Å². The summed E-state index contributed by atoms with van der Waals surface area (Å²) in [5.41, 5.74) is 0.762. The summed E-state index contributed by atoms with van der Waals surface area (Å²) in [5.74, 6) is -5.39. The standard InChI is InChI=1S/C48H74N6O11/c1-11-31(6)43(52(8)47(61)42(30(4)5)51-46(60)41(29(2)3)50-37(55)22-16-13-17-25-54-38(56)23-24-39(54)57)36(64-9)28-40(58)53-26-18-21-35(53)44(65-10)32(7)45(59)49-34(48(62)63)27-33-19-14-12-15-20-33/h12,14-15,19-20,23-24,29-32,34-36,41-44H,11,13,16-18,21-22,25-28H2,1-10H3,(H,49,59)(H,50,55)(H,51,60)(H,62,63)/t31-,32+,34-,35-,36+,41?,42-,43-,44+/m0/s1. The van der Waals surface area contributed by atoms with Crippen molar-refractivity contribution in [2.75, 3.05) is 34.4 Å². The Bertz CT molecular complexity index is 1800. The Morgan fingerprint density at radius 1 is 0.831 bits per heavy atom. The summed E-state index contributed by atoms with van der Waals surface area (Å²) in [6.07, 6.45) is 4.66. The average Bonchev–Trinajstić information content (AvgIpc) is 3.89. The van der Waals surface area contributed by atoms with Gasteiger partial charge >= 0.3 is 5.97 Å². The van der Waals surface area contributed by atoms with E-state index < -0.39 is 66.1 Å². The lowest BCUT2D eigenvalue weighted by Crippen LogP contribution is -2.60. The number of ether oxygens (including phenoxy) is 2. The molecule has 2 aliphatic rings. The summed E-state index contributed by atoms with van der Waals surface area (Å²) in [7, 11) is 4.61. The van der Waals surface area contributed by atoms with Gasteiger partial charge in [0.05, 0.1) is 36.6 Å². The topological polar surface area (TPSA) is 221 Å². The van der Waals surface area contributed by atoms with Crippen molar-refractivity contribution >= 4 is 47.3 Å². The molecule has 17 heteroatoms. The number of methoxy groups -OCH3 is 2. The van der Waals surface area contributed by atoms with Crippen LogP contribution in [-0.4, -0.2) is 144 Å². The van der Waals surface area contributed by atoms with Crippen molar-refractivity contribution in [2.24, 2.45) is 23.7 Å². The molecular weight excluding hydrogens is 837 g/mol. The van der Waals surface area contributed by atoms with Crippen LogP contribution in [0.3, 0.4) is 0 Å². The van der Waals surface area contributed by atoms with Crippen LogP contribution in [0.1, 0.15) is 105 Å². The van der Waals surface area contributed by atoms with Crippen LogP contribution in [0.2, 0.25) is 0 Å². The number of rotatable bonds is 27. The molecule has 0 aromatic heterocycles. The maximum absolute atomic E-state index is 14.5. The van der Waals surface area contributed by atoms with Gasteiger partial charge in [0, 0.05) is 59.4 Å². The molecule has 3 rings (SSSR count). The minimum absolute atomic E-state index is 0.0827. The predicted molar refractivity (Wildman–Crippen MR) is 244 cm³/mol. The van der Waals surface area contributed by atoms with Gasteiger partial charge in [-0.2, -0.15) is 0 Å². The molecule has 0 radical (unpaired) electrons. The van der Waals surface area contributed by atoms with Crippen molar-refractivity contribution in [3.05, 3.63) is 48.0 Å². The first-order valence-corrected chi connectivity index (χ1v) is 23.1. The van der Waals surface area contributed by atoms with E-state index in [9.17, 15) is 43.5 Å². The fourth-order valence-electron chi connectivity index (χ4n) is 8.80. The molecule has 1 fully saturated rings. The smallest absolute Gasteiger partial charge is 0.326 e. The number of amides is 7. The third-order valence-corrected chi connectivity index (χ3v) is 12.8. The molecule has 2 heterocycles. The Kier molecular flexibility index (Phi) is 21.8. The lowest BCUT2D eigenvalue weighted by atomic mass is 9.89. The SMILES string of the molecule is CC[C@H](C)[C@@H]([C@@H](CC(=O)N1CCC[C@H]1[C@H](OC)[C@@H](C)C(=O)N[C@@H](Cc1ccccc1)C(=O)O)OC)N(C)C(=O)[C@@H](NC(=O)C(NC(=O)CCCCCN1C(=O)C=CC1=O)C(C)C)C(C)C. The Balaban J connectivity index is 1.69. The van der Waals surface area contributed by atoms with E-state index in [4.69, 9.17) is 9.47 Å². The lowest BCUT2D eigenvalue weighted by molar-refractivity contribution is -0.148. The zero-order valence-electron chi connectivity index (χ0n) is 40.0. The summed E-state index contributed by atoms with van der Waals surface area (Å²) in [6, 6.07) is 4.91. The van der Waals surface area contributed by atoms with E-state index in [-0.39, 0.29) is 73.1 Å². The van der Waals surface area contributed by atoms with Crippen molar-refractivity contribution < 1.29 is 52.9 Å². The molecule has 0 spiro atoms. The number of hydrogen-bond donors (Lipinski definition) is 4. The van der Waals surface area contributed by atoms with E-state index in [1.807, 2.05) is 33.8 Å². The number of carbonyl (C=O) groups excluding carboxylic acids is 7. The van der Waals surface area contributed by atoms with Crippen LogP contribution in [0.4, 0.5) is 0 Å². The average molecular weight is 911 g/mol. The Morgan fingerprint density at radius 3 is 2.02 bits per heavy atom. The molecule has 1 aromatic rings. The number of carbonyl (C=O) groups is 8. The fraction of sp³-hybridized carbons (Fsp3) is 0.667. The van der Waals surface area contributed by atoms with Gasteiger partial charge < -0.3 is 40.3 Å². The van der Waals surface area contributed by atoms with Crippen LogP contribution in [0.15, 0.2) is 42.5 Å². The minimum atomic E-state index is -1.16. The molecule has 65 heavy (non-hydrogen) atoms. The normalized spacial score (nSPS) is 18.7. The number of nitrogens with one attached hydrogen (secondary N) is 3. The molecule has 1 saturated heterocycles. The highest BCUT2D eigenvalue weighted by atomic mass is 16.5. The number of benzene rings is 1. The molecular formula is C48H74N6O11. The predicted octanol–water partition coefficient (Wildman–Crippen LogP) is 3.49. The second kappa shape index (κ2) is 26.1. The van der Waals surface area contributed by atoms with Crippen molar-refractivity contribution in [2.45, 2.75) is 149 Å². The van der Waals surface area contributed by atoms with Crippen LogP contribution in [0.5, 0.6) is 0 Å². The first-order chi connectivity index (χ1) is 30.8. The van der Waals surface area contributed by atoms with E-state index >= 15 is 0 Å². The van der Waals surface area contributed by atoms with Gasteiger partial charge in [0.2, 0.25) is 29.5 Å². The maximum atomic E-state index is 14.5. The largest absolute Gasteiger partial charge is 0.480 e. The zero-order chi connectivity index (χ0) is 48.5. The molecule has 0 saturated carbocycles. The first-order valence-electron chi connectivity index (χ1n) is 23.1. The number of carboxylic acids is 1. The molecule has 1 unspecified atom stereocenters. The second-order valence-electron chi connectivity index (χ2n) is 18.2. The summed E-state index contributed by atoms with van der Waals surface area (Å²) in [5, 5.41) is 18.3. The minimum Gasteiger partial charge on any atom is -0.480 e.